The van der Waals surface area contributed by atoms with Gasteiger partial charge in [0.15, 0.2) is 0 Å². The Kier molecular flexibility index (Phi) is 5.25. The predicted octanol–water partition coefficient (Wildman–Crippen LogP) is 0.588. The zero-order chi connectivity index (χ0) is 9.64. The van der Waals surface area contributed by atoms with E-state index in [2.05, 4.69) is 60.7 Å². The van der Waals surface area contributed by atoms with Crippen LogP contribution in [-0.4, -0.2) is 0 Å². The van der Waals surface area contributed by atoms with E-state index in [1.165, 1.54) is 11.1 Å². The van der Waals surface area contributed by atoms with Crippen molar-refractivity contribution in [2.75, 3.05) is 0 Å². The summed E-state index contributed by atoms with van der Waals surface area (Å²) in [6, 6.07) is 21.2. The van der Waals surface area contributed by atoms with Gasteiger partial charge in [0.2, 0.25) is 0 Å². The van der Waals surface area contributed by atoms with Crippen LogP contribution >= 0.6 is 0 Å². The molecule has 1 heteroatoms. The molecular formula is C14H15Li. The first kappa shape index (κ1) is 12.1. The van der Waals surface area contributed by atoms with E-state index in [0.29, 0.717) is 0 Å². The average Bonchev–Trinajstić information content (AvgIpc) is 2.29. The minimum atomic E-state index is 0. The van der Waals surface area contributed by atoms with Crippen LogP contribution in [0.25, 0.3) is 0 Å². The molecule has 15 heavy (non-hydrogen) atoms. The van der Waals surface area contributed by atoms with E-state index in [-0.39, 0.29) is 20.3 Å². The Hall–Kier alpha value is -0.963. The molecule has 0 atom stereocenters. The molecule has 0 N–H and O–H groups in total. The van der Waals surface area contributed by atoms with Crippen LogP contribution in [0.3, 0.4) is 0 Å². The Morgan fingerprint density at radius 3 is 1.27 bits per heavy atom. The third kappa shape index (κ3) is 3.96. The van der Waals surface area contributed by atoms with Crippen molar-refractivity contribution in [1.82, 2.24) is 0 Å². The van der Waals surface area contributed by atoms with E-state index in [1.54, 1.807) is 0 Å². The molecule has 2 rings (SSSR count). The molecule has 0 radical (unpaired) electrons. The summed E-state index contributed by atoms with van der Waals surface area (Å²) in [7, 11) is 0. The Balaban J connectivity index is 0.00000112. The zero-order valence-corrected chi connectivity index (χ0v) is 9.19. The Labute approximate surface area is 105 Å². The van der Waals surface area contributed by atoms with Crippen LogP contribution in [0.2, 0.25) is 0 Å². The fourth-order valence-electron chi connectivity index (χ4n) is 1.58. The molecule has 0 nitrogen and oxygen atoms in total. The number of hydrogen-bond acceptors (Lipinski definition) is 0. The fraction of sp³-hybridized carbons (Fsp3) is 0.143. The second-order valence-corrected chi connectivity index (χ2v) is 3.47. The van der Waals surface area contributed by atoms with Crippen molar-refractivity contribution in [2.45, 2.75) is 12.8 Å². The summed E-state index contributed by atoms with van der Waals surface area (Å²) < 4.78 is 0. The smallest absolute Gasteiger partial charge is 1.00 e. The van der Waals surface area contributed by atoms with Crippen molar-refractivity contribution in [1.29, 1.82) is 0 Å². The molecule has 0 amide bonds. The van der Waals surface area contributed by atoms with E-state index < -0.39 is 0 Å². The van der Waals surface area contributed by atoms with Gasteiger partial charge in [0.25, 0.3) is 0 Å². The first-order valence-electron chi connectivity index (χ1n) is 5.03. The van der Waals surface area contributed by atoms with Crippen LogP contribution in [0.5, 0.6) is 0 Å². The zero-order valence-electron chi connectivity index (χ0n) is 10.2. The van der Waals surface area contributed by atoms with Gasteiger partial charge in [-0.1, -0.05) is 60.7 Å². The number of rotatable bonds is 3. The van der Waals surface area contributed by atoms with Gasteiger partial charge in [0, 0.05) is 0 Å². The summed E-state index contributed by atoms with van der Waals surface area (Å²) in [4.78, 5) is 0. The van der Waals surface area contributed by atoms with Crippen LogP contribution < -0.4 is 18.9 Å². The summed E-state index contributed by atoms with van der Waals surface area (Å²) in [6.07, 6.45) is 2.26. The summed E-state index contributed by atoms with van der Waals surface area (Å²) in [5.41, 5.74) is 2.83. The monoisotopic (exact) mass is 190 g/mol. The predicted molar refractivity (Wildman–Crippen MR) is 61.4 cm³/mol. The second kappa shape index (κ2) is 6.51. The molecular weight excluding hydrogens is 175 g/mol. The third-order valence-corrected chi connectivity index (χ3v) is 2.39. The summed E-state index contributed by atoms with van der Waals surface area (Å²) in [6.45, 7) is 0. The van der Waals surface area contributed by atoms with Crippen LogP contribution in [0.15, 0.2) is 60.7 Å². The van der Waals surface area contributed by atoms with Crippen molar-refractivity contribution in [3.8, 4) is 0 Å². The molecule has 0 fully saturated rings. The minimum absolute atomic E-state index is 0. The van der Waals surface area contributed by atoms with Gasteiger partial charge < -0.3 is 1.43 Å². The maximum Gasteiger partial charge on any atom is 1.00 e. The van der Waals surface area contributed by atoms with Gasteiger partial charge in [-0.3, -0.25) is 0 Å². The molecule has 0 saturated carbocycles. The molecule has 0 aliphatic heterocycles. The normalized spacial score (nSPS) is 9.33. The average molecular weight is 190 g/mol. The van der Waals surface area contributed by atoms with Crippen LogP contribution in [0, 0.1) is 0 Å². The van der Waals surface area contributed by atoms with Gasteiger partial charge in [-0.2, -0.15) is 0 Å². The Morgan fingerprint density at radius 1 is 0.600 bits per heavy atom. The van der Waals surface area contributed by atoms with Crippen LogP contribution in [-0.2, 0) is 12.8 Å². The number of hydrogen-bond donors (Lipinski definition) is 0. The maximum absolute atomic E-state index is 2.18. The Bertz CT molecular complexity index is 333. The van der Waals surface area contributed by atoms with E-state index in [9.17, 15) is 0 Å². The molecule has 0 heterocycles. The molecule has 2 aromatic rings. The molecule has 0 aliphatic rings. The molecule has 0 unspecified atom stereocenters. The largest absolute Gasteiger partial charge is 1.00 e. The quantitative estimate of drug-likeness (QED) is 0.621. The van der Waals surface area contributed by atoms with E-state index >= 15 is 0 Å². The first-order valence-corrected chi connectivity index (χ1v) is 5.03. The van der Waals surface area contributed by atoms with Gasteiger partial charge in [0.1, 0.15) is 0 Å². The van der Waals surface area contributed by atoms with Crippen molar-refractivity contribution < 1.29 is 20.3 Å². The summed E-state index contributed by atoms with van der Waals surface area (Å²) in [5.74, 6) is 0. The van der Waals surface area contributed by atoms with Crippen molar-refractivity contribution >= 4 is 0 Å². The summed E-state index contributed by atoms with van der Waals surface area (Å²) >= 11 is 0. The fourth-order valence-corrected chi connectivity index (χ4v) is 1.58. The summed E-state index contributed by atoms with van der Waals surface area (Å²) in [5, 5.41) is 0. The number of aryl methyl sites for hydroxylation is 2. The van der Waals surface area contributed by atoms with Crippen molar-refractivity contribution in [3.05, 3.63) is 71.8 Å². The molecule has 0 aromatic heterocycles. The van der Waals surface area contributed by atoms with E-state index in [1.807, 2.05) is 0 Å². The molecule has 2 aromatic carbocycles. The van der Waals surface area contributed by atoms with E-state index in [4.69, 9.17) is 0 Å². The van der Waals surface area contributed by atoms with E-state index in [0.717, 1.165) is 12.8 Å². The molecule has 0 aliphatic carbocycles. The molecule has 0 bridgehead atoms. The van der Waals surface area contributed by atoms with Crippen LogP contribution in [0.4, 0.5) is 0 Å². The Morgan fingerprint density at radius 2 is 0.933 bits per heavy atom. The second-order valence-electron chi connectivity index (χ2n) is 3.47. The van der Waals surface area contributed by atoms with Gasteiger partial charge in [0.05, 0.1) is 0 Å². The SMILES string of the molecule is [H-].[Li+].c1ccc(CCc2ccccc2)cc1. The molecule has 0 spiro atoms. The van der Waals surface area contributed by atoms with Gasteiger partial charge in [-0.05, 0) is 24.0 Å². The topological polar surface area (TPSA) is 0 Å². The van der Waals surface area contributed by atoms with Crippen molar-refractivity contribution in [2.24, 2.45) is 0 Å². The first-order chi connectivity index (χ1) is 6.95. The molecule has 72 valence electrons. The maximum atomic E-state index is 2.18. The number of benzene rings is 2. The minimum Gasteiger partial charge on any atom is -1.00 e. The standard InChI is InChI=1S/C14H14.Li.H/c1-3-7-13(8-4-1)11-12-14-9-5-2-6-10-14;;/h1-10H,11-12H2;;/q;+1;-1. The third-order valence-electron chi connectivity index (χ3n) is 2.39. The van der Waals surface area contributed by atoms with Crippen LogP contribution in [0.1, 0.15) is 12.6 Å². The van der Waals surface area contributed by atoms with Gasteiger partial charge >= 0.3 is 18.9 Å². The van der Waals surface area contributed by atoms with Gasteiger partial charge in [-0.25, -0.2) is 0 Å². The van der Waals surface area contributed by atoms with Gasteiger partial charge in [-0.15, -0.1) is 0 Å². The van der Waals surface area contributed by atoms with Crippen molar-refractivity contribution in [3.63, 3.8) is 0 Å². The molecule has 0 saturated heterocycles.